The summed E-state index contributed by atoms with van der Waals surface area (Å²) < 4.78 is 46.1. The van der Waals surface area contributed by atoms with Gasteiger partial charge >= 0.3 is 6.18 Å². The maximum absolute atomic E-state index is 12.8. The molecule has 30 heavy (non-hydrogen) atoms. The molecular formula is C22H18F3N3O2. The van der Waals surface area contributed by atoms with Gasteiger partial charge in [0.2, 0.25) is 5.82 Å². The van der Waals surface area contributed by atoms with Crippen molar-refractivity contribution in [2.24, 2.45) is 0 Å². The highest BCUT2D eigenvalue weighted by Crippen LogP contribution is 2.38. The average Bonchev–Trinajstić information content (AvgIpc) is 3.45. The summed E-state index contributed by atoms with van der Waals surface area (Å²) in [5, 5.41) is 14.6. The minimum atomic E-state index is -4.63. The van der Waals surface area contributed by atoms with Gasteiger partial charge in [-0.25, -0.2) is 0 Å². The number of aromatic nitrogens is 3. The van der Waals surface area contributed by atoms with Crippen molar-refractivity contribution in [2.45, 2.75) is 37.9 Å². The van der Waals surface area contributed by atoms with Crippen LogP contribution in [0.2, 0.25) is 0 Å². The first-order chi connectivity index (χ1) is 14.4. The fourth-order valence-corrected chi connectivity index (χ4v) is 4.17. The van der Waals surface area contributed by atoms with Gasteiger partial charge in [-0.15, -0.1) is 0 Å². The summed E-state index contributed by atoms with van der Waals surface area (Å²) in [6, 6.07) is 11.5. The van der Waals surface area contributed by atoms with Crippen LogP contribution in [0.4, 0.5) is 13.2 Å². The molecule has 2 aromatic carbocycles. The van der Waals surface area contributed by atoms with E-state index in [9.17, 15) is 18.3 Å². The zero-order valence-corrected chi connectivity index (χ0v) is 15.9. The lowest BCUT2D eigenvalue weighted by Crippen LogP contribution is -2.05. The summed E-state index contributed by atoms with van der Waals surface area (Å²) in [6.45, 7) is 0. The van der Waals surface area contributed by atoms with Gasteiger partial charge in [-0.3, -0.25) is 0 Å². The summed E-state index contributed by atoms with van der Waals surface area (Å²) in [4.78, 5) is 4.30. The number of benzene rings is 2. The molecule has 1 aliphatic rings. The number of nitrogens with zero attached hydrogens (tertiary/aromatic N) is 3. The Morgan fingerprint density at radius 1 is 1.00 bits per heavy atom. The second kappa shape index (κ2) is 6.90. The molecule has 0 amide bonds. The van der Waals surface area contributed by atoms with Crippen LogP contribution in [0.25, 0.3) is 33.7 Å². The molecule has 154 valence electrons. The Labute approximate surface area is 169 Å². The molecule has 0 spiro atoms. The maximum atomic E-state index is 12.8. The first kappa shape index (κ1) is 18.7. The lowest BCUT2D eigenvalue weighted by atomic mass is 10.1. The van der Waals surface area contributed by atoms with Crippen LogP contribution in [0, 0.1) is 0 Å². The third kappa shape index (κ3) is 3.22. The quantitative estimate of drug-likeness (QED) is 0.434. The number of hydrogen-bond acceptors (Lipinski definition) is 4. The molecule has 0 saturated heterocycles. The van der Waals surface area contributed by atoms with Gasteiger partial charge in [0.25, 0.3) is 5.89 Å². The summed E-state index contributed by atoms with van der Waals surface area (Å²) in [5.41, 5.74) is 1.01. The van der Waals surface area contributed by atoms with Crippen LogP contribution in [-0.2, 0) is 6.18 Å². The zero-order chi connectivity index (χ0) is 20.9. The Kier molecular flexibility index (Phi) is 4.30. The van der Waals surface area contributed by atoms with E-state index in [1.54, 1.807) is 0 Å². The van der Waals surface area contributed by atoms with E-state index in [1.807, 2.05) is 18.2 Å². The Morgan fingerprint density at radius 2 is 1.77 bits per heavy atom. The van der Waals surface area contributed by atoms with Crippen LogP contribution in [0.1, 0.15) is 37.3 Å². The summed E-state index contributed by atoms with van der Waals surface area (Å²) in [7, 11) is 0. The minimum absolute atomic E-state index is 0.109. The van der Waals surface area contributed by atoms with Crippen molar-refractivity contribution in [2.75, 3.05) is 0 Å². The smallest absolute Gasteiger partial charge is 0.419 e. The Balaban J connectivity index is 1.45. The largest absolute Gasteiger partial charge is 0.507 e. The average molecular weight is 413 g/mol. The molecule has 1 N–H and O–H groups in total. The first-order valence-electron chi connectivity index (χ1n) is 9.75. The van der Waals surface area contributed by atoms with E-state index in [0.29, 0.717) is 6.04 Å². The molecule has 5 rings (SSSR count). The highest BCUT2D eigenvalue weighted by atomic mass is 19.4. The number of fused-ring (bicyclic) bond motifs is 1. The molecule has 4 aromatic rings. The summed E-state index contributed by atoms with van der Waals surface area (Å²) in [6.07, 6.45) is 2.38. The molecule has 1 fully saturated rings. The van der Waals surface area contributed by atoms with Crippen molar-refractivity contribution < 1.29 is 22.8 Å². The molecule has 5 nitrogen and oxygen atoms in total. The monoisotopic (exact) mass is 413 g/mol. The van der Waals surface area contributed by atoms with Gasteiger partial charge in [0.15, 0.2) is 0 Å². The SMILES string of the molecule is Oc1cc(-c2noc(-c3ccc4c(ccn4C4CCCC4)c3)n2)ccc1C(F)(F)F. The van der Waals surface area contributed by atoms with Gasteiger partial charge in [0.1, 0.15) is 5.75 Å². The second-order valence-corrected chi connectivity index (χ2v) is 7.59. The number of rotatable bonds is 3. The molecule has 2 aromatic heterocycles. The fraction of sp³-hybridized carbons (Fsp3) is 0.273. The number of phenols is 1. The minimum Gasteiger partial charge on any atom is -0.507 e. The lowest BCUT2D eigenvalue weighted by molar-refractivity contribution is -0.138. The predicted octanol–water partition coefficient (Wildman–Crippen LogP) is 6.20. The van der Waals surface area contributed by atoms with Crippen LogP contribution in [0.5, 0.6) is 5.75 Å². The molecule has 0 radical (unpaired) electrons. The van der Waals surface area contributed by atoms with E-state index < -0.39 is 17.5 Å². The molecule has 0 unspecified atom stereocenters. The zero-order valence-electron chi connectivity index (χ0n) is 15.9. The highest BCUT2D eigenvalue weighted by molar-refractivity contribution is 5.84. The molecule has 0 aliphatic heterocycles. The standard InChI is InChI=1S/C22H18F3N3O2/c23-22(24,25)17-7-5-14(12-19(17)29)20-26-21(30-27-20)15-6-8-18-13(11-15)9-10-28(18)16-3-1-2-4-16/h5-12,16,29H,1-4H2. The summed E-state index contributed by atoms with van der Waals surface area (Å²) in [5.74, 6) is -0.501. The third-order valence-electron chi connectivity index (χ3n) is 5.67. The van der Waals surface area contributed by atoms with Gasteiger partial charge in [0.05, 0.1) is 5.56 Å². The van der Waals surface area contributed by atoms with Gasteiger partial charge in [0, 0.05) is 34.3 Å². The molecule has 2 heterocycles. The van der Waals surface area contributed by atoms with E-state index in [1.165, 1.54) is 31.7 Å². The highest BCUT2D eigenvalue weighted by Gasteiger charge is 2.34. The lowest BCUT2D eigenvalue weighted by Gasteiger charge is -2.13. The number of halogens is 3. The van der Waals surface area contributed by atoms with Crippen LogP contribution < -0.4 is 0 Å². The van der Waals surface area contributed by atoms with E-state index >= 15 is 0 Å². The normalized spacial score (nSPS) is 15.3. The number of phenolic OH excluding ortho intramolecular Hbond substituents is 1. The van der Waals surface area contributed by atoms with Crippen LogP contribution in [0.3, 0.4) is 0 Å². The van der Waals surface area contributed by atoms with E-state index in [4.69, 9.17) is 4.52 Å². The van der Waals surface area contributed by atoms with Gasteiger partial charge < -0.3 is 14.2 Å². The van der Waals surface area contributed by atoms with Crippen LogP contribution in [-0.4, -0.2) is 19.8 Å². The molecule has 1 aliphatic carbocycles. The predicted molar refractivity (Wildman–Crippen MR) is 105 cm³/mol. The Hall–Kier alpha value is -3.29. The molecule has 0 bridgehead atoms. The van der Waals surface area contributed by atoms with Crippen molar-refractivity contribution in [1.29, 1.82) is 0 Å². The molecule has 0 atom stereocenters. The maximum Gasteiger partial charge on any atom is 0.419 e. The Morgan fingerprint density at radius 3 is 2.50 bits per heavy atom. The van der Waals surface area contributed by atoms with E-state index in [-0.39, 0.29) is 17.3 Å². The van der Waals surface area contributed by atoms with E-state index in [0.717, 1.165) is 28.6 Å². The summed E-state index contributed by atoms with van der Waals surface area (Å²) >= 11 is 0. The van der Waals surface area contributed by atoms with Crippen LogP contribution >= 0.6 is 0 Å². The second-order valence-electron chi connectivity index (χ2n) is 7.59. The third-order valence-corrected chi connectivity index (χ3v) is 5.67. The number of hydrogen-bond donors (Lipinski definition) is 1. The van der Waals surface area contributed by atoms with Crippen LogP contribution in [0.15, 0.2) is 53.2 Å². The first-order valence-corrected chi connectivity index (χ1v) is 9.75. The van der Waals surface area contributed by atoms with Gasteiger partial charge in [-0.2, -0.15) is 18.2 Å². The van der Waals surface area contributed by atoms with Gasteiger partial charge in [-0.1, -0.05) is 24.1 Å². The van der Waals surface area contributed by atoms with E-state index in [2.05, 4.69) is 27.0 Å². The van der Waals surface area contributed by atoms with Crippen molar-refractivity contribution in [3.63, 3.8) is 0 Å². The Bertz CT molecular complexity index is 1220. The topological polar surface area (TPSA) is 64.1 Å². The van der Waals surface area contributed by atoms with Crippen molar-refractivity contribution in [3.05, 3.63) is 54.2 Å². The number of alkyl halides is 3. The van der Waals surface area contributed by atoms with Crippen molar-refractivity contribution in [1.82, 2.24) is 14.7 Å². The van der Waals surface area contributed by atoms with Gasteiger partial charge in [-0.05, 0) is 49.2 Å². The number of aromatic hydroxyl groups is 1. The molecule has 8 heteroatoms. The fourth-order valence-electron chi connectivity index (χ4n) is 4.17. The molecular weight excluding hydrogens is 395 g/mol. The van der Waals surface area contributed by atoms with Crippen molar-refractivity contribution >= 4 is 10.9 Å². The van der Waals surface area contributed by atoms with Crippen molar-refractivity contribution in [3.8, 4) is 28.6 Å². The molecule has 1 saturated carbocycles.